The summed E-state index contributed by atoms with van der Waals surface area (Å²) in [6.07, 6.45) is 4.11. The molecule has 0 heterocycles. The normalized spacial score (nSPS) is 11.3. The van der Waals surface area contributed by atoms with Gasteiger partial charge in [-0.05, 0) is 179 Å². The van der Waals surface area contributed by atoms with E-state index in [0.29, 0.717) is 0 Å². The summed E-state index contributed by atoms with van der Waals surface area (Å²) in [7, 11) is 6.56. The van der Waals surface area contributed by atoms with Crippen LogP contribution in [0.15, 0.2) is 259 Å². The van der Waals surface area contributed by atoms with Crippen molar-refractivity contribution in [2.24, 2.45) is 40.9 Å². The average molecular weight is 947 g/mol. The number of hydrogen-bond donors (Lipinski definition) is 0. The van der Waals surface area contributed by atoms with Gasteiger partial charge >= 0.3 is 0 Å². The Morgan fingerprint density at radius 1 is 0.208 bits per heavy atom. The van der Waals surface area contributed by atoms with E-state index in [4.69, 9.17) is 18.9 Å². The molecule has 0 fully saturated rings. The van der Waals surface area contributed by atoms with Crippen molar-refractivity contribution in [2.75, 3.05) is 28.4 Å². The van der Waals surface area contributed by atoms with Crippen molar-refractivity contribution < 1.29 is 18.9 Å². The molecule has 0 spiro atoms. The van der Waals surface area contributed by atoms with Crippen LogP contribution in [0.25, 0.3) is 34.4 Å². The van der Waals surface area contributed by atoms with E-state index in [0.717, 1.165) is 102 Å². The van der Waals surface area contributed by atoms with E-state index in [9.17, 15) is 0 Å². The first-order valence-corrected chi connectivity index (χ1v) is 22.8. The van der Waals surface area contributed by atoms with Crippen molar-refractivity contribution >= 4 is 57.7 Å². The highest BCUT2D eigenvalue weighted by molar-refractivity contribution is 5.73. The summed E-state index contributed by atoms with van der Waals surface area (Å²) in [4.78, 5) is 0. The number of nitrogens with zero attached hydrogens (tertiary/aromatic N) is 8. The van der Waals surface area contributed by atoms with Gasteiger partial charge in [0.25, 0.3) is 0 Å². The highest BCUT2D eigenvalue weighted by Crippen LogP contribution is 2.30. The summed E-state index contributed by atoms with van der Waals surface area (Å²) in [5.74, 6) is 3.18. The lowest BCUT2D eigenvalue weighted by Gasteiger charge is -2.06. The summed E-state index contributed by atoms with van der Waals surface area (Å²) in [5, 5.41) is 34.3. The Morgan fingerprint density at radius 2 is 0.361 bits per heavy atom. The Bertz CT molecular complexity index is 3030. The molecule has 354 valence electrons. The third-order valence-electron chi connectivity index (χ3n) is 11.0. The molecule has 9 aromatic carbocycles. The lowest BCUT2D eigenvalue weighted by atomic mass is 10.00. The summed E-state index contributed by atoms with van der Waals surface area (Å²) >= 11 is 0. The third kappa shape index (κ3) is 14.4. The number of rotatable bonds is 16. The zero-order chi connectivity index (χ0) is 49.7. The number of hydrogen-bond acceptors (Lipinski definition) is 12. The van der Waals surface area contributed by atoms with E-state index in [-0.39, 0.29) is 0 Å². The molecule has 0 N–H and O–H groups in total. The lowest BCUT2D eigenvalue weighted by Crippen LogP contribution is -1.80. The fourth-order valence-corrected chi connectivity index (χ4v) is 6.85. The van der Waals surface area contributed by atoms with E-state index in [2.05, 4.69) is 102 Å². The molecule has 0 bridgehead atoms. The molecule has 0 atom stereocenters. The topological polar surface area (TPSA) is 136 Å². The summed E-state index contributed by atoms with van der Waals surface area (Å²) < 4.78 is 20.6. The van der Waals surface area contributed by atoms with Crippen LogP contribution in [-0.2, 0) is 0 Å². The summed E-state index contributed by atoms with van der Waals surface area (Å²) in [6, 6.07) is 70.3. The Hall–Kier alpha value is -9.68. The van der Waals surface area contributed by atoms with E-state index < -0.39 is 0 Å². The maximum Gasteiger partial charge on any atom is 0.119 e. The van der Waals surface area contributed by atoms with Gasteiger partial charge in [-0.1, -0.05) is 84.9 Å². The molecule has 0 saturated heterocycles. The predicted molar refractivity (Wildman–Crippen MR) is 288 cm³/mol. The van der Waals surface area contributed by atoms with Crippen LogP contribution in [0.1, 0.15) is 11.1 Å². The highest BCUT2D eigenvalue weighted by Gasteiger charge is 2.03. The summed E-state index contributed by atoms with van der Waals surface area (Å²) in [5.41, 5.74) is 12.9. The van der Waals surface area contributed by atoms with Crippen molar-refractivity contribution in [1.82, 2.24) is 0 Å². The van der Waals surface area contributed by atoms with Crippen LogP contribution >= 0.6 is 0 Å². The average Bonchev–Trinajstić information content (AvgIpc) is 3.46. The fourth-order valence-electron chi connectivity index (χ4n) is 6.85. The Morgan fingerprint density at radius 3 is 0.542 bits per heavy atom. The maximum atomic E-state index is 5.17. The Balaban J connectivity index is 0.000000194. The minimum Gasteiger partial charge on any atom is -0.497 e. The molecule has 0 unspecified atom stereocenters. The van der Waals surface area contributed by atoms with Gasteiger partial charge in [0, 0.05) is 0 Å². The van der Waals surface area contributed by atoms with Gasteiger partial charge in [0.1, 0.15) is 23.0 Å². The molecule has 9 aromatic rings. The van der Waals surface area contributed by atoms with Crippen molar-refractivity contribution in [3.63, 3.8) is 0 Å². The van der Waals surface area contributed by atoms with Gasteiger partial charge in [0.05, 0.1) is 73.9 Å². The van der Waals surface area contributed by atoms with E-state index >= 15 is 0 Å². The monoisotopic (exact) mass is 946 g/mol. The van der Waals surface area contributed by atoms with E-state index in [1.54, 1.807) is 28.4 Å². The van der Waals surface area contributed by atoms with Crippen LogP contribution in [0.5, 0.6) is 23.0 Å². The first-order valence-electron chi connectivity index (χ1n) is 22.8. The molecule has 0 aliphatic carbocycles. The molecule has 12 nitrogen and oxygen atoms in total. The number of methoxy groups -OCH3 is 4. The van der Waals surface area contributed by atoms with Crippen molar-refractivity contribution in [2.45, 2.75) is 0 Å². The quantitative estimate of drug-likeness (QED) is 0.0703. The molecule has 0 amide bonds. The fraction of sp³-hybridized carbons (Fsp3) is 0.0667. The zero-order valence-electron chi connectivity index (χ0n) is 40.2. The van der Waals surface area contributed by atoms with Crippen LogP contribution in [-0.4, -0.2) is 28.4 Å². The predicted octanol–water partition coefficient (Wildman–Crippen LogP) is 18.6. The third-order valence-corrected chi connectivity index (χ3v) is 11.0. The van der Waals surface area contributed by atoms with Gasteiger partial charge in [-0.25, -0.2) is 0 Å². The van der Waals surface area contributed by atoms with Crippen molar-refractivity contribution in [3.05, 3.63) is 230 Å². The molecule has 9 rings (SSSR count). The van der Waals surface area contributed by atoms with Crippen LogP contribution < -0.4 is 18.9 Å². The van der Waals surface area contributed by atoms with Gasteiger partial charge < -0.3 is 18.9 Å². The van der Waals surface area contributed by atoms with Gasteiger partial charge in [-0.3, -0.25) is 0 Å². The van der Waals surface area contributed by atoms with Gasteiger partial charge in [0.2, 0.25) is 0 Å². The number of azo groups is 4. The standard InChI is InChI=1S/C32H26N4O2.C28H24N4O2/c1-37-31-19-15-29(16-20-31)35-33-27-11-7-25(8-12-27)23-3-5-24(6-4-23)26-9-13-28(14-10-26)34-36-30-17-21-32(38-2)22-18-30;1-33-27-17-13-25(14-18-27)31-29-23-9-5-21(6-10-23)3-4-22-7-11-24(12-8-22)30-32-26-15-19-28(34-2)20-16-26/h3-22H,1-2H3;3-20H,1-2H3/b;4-3+,31-29?,32-30?. The van der Waals surface area contributed by atoms with Crippen molar-refractivity contribution in [1.29, 1.82) is 0 Å². The summed E-state index contributed by atoms with van der Waals surface area (Å²) in [6.45, 7) is 0. The molecule has 72 heavy (non-hydrogen) atoms. The molecule has 0 aromatic heterocycles. The minimum absolute atomic E-state index is 0.775. The minimum atomic E-state index is 0.775. The lowest BCUT2D eigenvalue weighted by molar-refractivity contribution is 0.414. The van der Waals surface area contributed by atoms with E-state index in [1.807, 2.05) is 170 Å². The van der Waals surface area contributed by atoms with Gasteiger partial charge in [-0.2, -0.15) is 40.9 Å². The van der Waals surface area contributed by atoms with Crippen LogP contribution in [0.3, 0.4) is 0 Å². The molecular formula is C60H50N8O4. The highest BCUT2D eigenvalue weighted by atomic mass is 16.5. The Labute approximate surface area is 419 Å². The zero-order valence-corrected chi connectivity index (χ0v) is 40.2. The van der Waals surface area contributed by atoms with E-state index in [1.165, 1.54) is 0 Å². The smallest absolute Gasteiger partial charge is 0.119 e. The van der Waals surface area contributed by atoms with Crippen LogP contribution in [0.2, 0.25) is 0 Å². The first-order chi connectivity index (χ1) is 35.4. The maximum absolute atomic E-state index is 5.17. The second-order valence-corrected chi connectivity index (χ2v) is 15.8. The van der Waals surface area contributed by atoms with Crippen LogP contribution in [0, 0.1) is 0 Å². The van der Waals surface area contributed by atoms with Gasteiger partial charge in [-0.15, -0.1) is 0 Å². The molecule has 0 radical (unpaired) electrons. The Kier molecular flexibility index (Phi) is 17.0. The van der Waals surface area contributed by atoms with Crippen molar-refractivity contribution in [3.8, 4) is 45.3 Å². The molecule has 0 saturated carbocycles. The van der Waals surface area contributed by atoms with Crippen LogP contribution in [0.4, 0.5) is 45.5 Å². The molecule has 0 aliphatic heterocycles. The number of benzene rings is 9. The largest absolute Gasteiger partial charge is 0.497 e. The molecular weight excluding hydrogens is 897 g/mol. The molecule has 12 heteroatoms. The molecule has 0 aliphatic rings. The number of ether oxygens (including phenoxy) is 4. The SMILES string of the molecule is COc1ccc(N=Nc2ccc(-c3ccc(-c4ccc(N=Nc5ccc(OC)cc5)cc4)cc3)cc2)cc1.COc1ccc(N=Nc2ccc(/C=C/c3ccc(N=Nc4ccc(OC)cc4)cc3)cc2)cc1. The first kappa shape index (κ1) is 48.8. The second-order valence-electron chi connectivity index (χ2n) is 15.8. The second kappa shape index (κ2) is 25.1. The van der Waals surface area contributed by atoms with Gasteiger partial charge in [0.15, 0.2) is 0 Å².